The van der Waals surface area contributed by atoms with Crippen LogP contribution in [0.3, 0.4) is 0 Å². The predicted octanol–water partition coefficient (Wildman–Crippen LogP) is 3.46. The average molecular weight is 284 g/mol. The minimum atomic E-state index is 0.138. The first-order valence-corrected chi connectivity index (χ1v) is 6.62. The van der Waals surface area contributed by atoms with Gasteiger partial charge in [0.25, 0.3) is 0 Å². The molecule has 0 aliphatic rings. The normalized spacial score (nSPS) is 10.8. The van der Waals surface area contributed by atoms with Gasteiger partial charge in [0.05, 0.1) is 7.11 Å². The molecule has 3 rings (SSSR count). The molecular weight excluding hydrogens is 268 g/mol. The van der Waals surface area contributed by atoms with Crippen LogP contribution in [-0.2, 0) is 6.54 Å². The third kappa shape index (κ3) is 2.76. The van der Waals surface area contributed by atoms with Gasteiger partial charge in [0.2, 0.25) is 0 Å². The van der Waals surface area contributed by atoms with E-state index in [9.17, 15) is 5.11 Å². The van der Waals surface area contributed by atoms with Gasteiger partial charge in [-0.2, -0.15) is 0 Å². The number of methoxy groups -OCH3 is 1. The fraction of sp³-hybridized carbons (Fsp3) is 0.188. The van der Waals surface area contributed by atoms with E-state index in [2.05, 4.69) is 10.3 Å². The van der Waals surface area contributed by atoms with Gasteiger partial charge in [0, 0.05) is 19.2 Å². The number of phenols is 1. The van der Waals surface area contributed by atoms with E-state index in [0.29, 0.717) is 18.2 Å². The van der Waals surface area contributed by atoms with Crippen LogP contribution in [0.25, 0.3) is 11.1 Å². The molecule has 0 atom stereocenters. The third-order valence-electron chi connectivity index (χ3n) is 3.23. The monoisotopic (exact) mass is 284 g/mol. The summed E-state index contributed by atoms with van der Waals surface area (Å²) in [6.07, 6.45) is 0. The Labute approximate surface area is 122 Å². The maximum absolute atomic E-state index is 9.76. The van der Waals surface area contributed by atoms with E-state index in [4.69, 9.17) is 9.15 Å². The smallest absolute Gasteiger partial charge is 0.192 e. The molecule has 0 aliphatic heterocycles. The van der Waals surface area contributed by atoms with Crippen LogP contribution in [0.4, 0.5) is 5.69 Å². The second-order valence-corrected chi connectivity index (χ2v) is 4.78. The van der Waals surface area contributed by atoms with Crippen LogP contribution in [0.15, 0.2) is 40.8 Å². The maximum atomic E-state index is 9.76. The number of aromatic hydroxyl groups is 1. The number of benzene rings is 2. The lowest BCUT2D eigenvalue weighted by molar-refractivity contribution is 0.373. The Morgan fingerprint density at radius 3 is 2.86 bits per heavy atom. The average Bonchev–Trinajstić information content (AvgIpc) is 2.84. The molecule has 0 amide bonds. The number of nitrogens with zero attached hydrogens (tertiary/aromatic N) is 1. The van der Waals surface area contributed by atoms with E-state index in [0.717, 1.165) is 22.4 Å². The van der Waals surface area contributed by atoms with Crippen LogP contribution >= 0.6 is 0 Å². The molecule has 0 spiro atoms. The molecule has 3 aromatic rings. The molecule has 21 heavy (non-hydrogen) atoms. The molecule has 0 saturated carbocycles. The van der Waals surface area contributed by atoms with Gasteiger partial charge >= 0.3 is 0 Å². The second kappa shape index (κ2) is 5.36. The lowest BCUT2D eigenvalue weighted by Crippen LogP contribution is -1.99. The van der Waals surface area contributed by atoms with Crippen LogP contribution in [0, 0.1) is 6.92 Å². The minimum absolute atomic E-state index is 0.138. The van der Waals surface area contributed by atoms with E-state index in [-0.39, 0.29) is 5.75 Å². The Hall–Kier alpha value is -2.69. The molecule has 5 nitrogen and oxygen atoms in total. The Kier molecular flexibility index (Phi) is 3.39. The minimum Gasteiger partial charge on any atom is -0.504 e. The predicted molar refractivity (Wildman–Crippen MR) is 80.7 cm³/mol. The van der Waals surface area contributed by atoms with Gasteiger partial charge in [-0.1, -0.05) is 6.07 Å². The number of oxazole rings is 1. The van der Waals surface area contributed by atoms with E-state index >= 15 is 0 Å². The van der Waals surface area contributed by atoms with Crippen molar-refractivity contribution in [1.29, 1.82) is 0 Å². The Morgan fingerprint density at radius 2 is 2.10 bits per heavy atom. The van der Waals surface area contributed by atoms with Gasteiger partial charge in [-0.3, -0.25) is 0 Å². The number of rotatable bonds is 4. The number of ether oxygens (including phenoxy) is 1. The molecule has 0 fully saturated rings. The van der Waals surface area contributed by atoms with Crippen molar-refractivity contribution in [2.24, 2.45) is 0 Å². The molecule has 1 heterocycles. The number of nitrogens with one attached hydrogen (secondary N) is 1. The zero-order chi connectivity index (χ0) is 14.8. The number of aryl methyl sites for hydroxylation is 1. The summed E-state index contributed by atoms with van der Waals surface area (Å²) in [5, 5.41) is 13.1. The van der Waals surface area contributed by atoms with Crippen molar-refractivity contribution >= 4 is 16.8 Å². The fourth-order valence-electron chi connectivity index (χ4n) is 2.20. The summed E-state index contributed by atoms with van der Waals surface area (Å²) >= 11 is 0. The summed E-state index contributed by atoms with van der Waals surface area (Å²) in [5.74, 6) is 1.26. The van der Waals surface area contributed by atoms with Gasteiger partial charge in [-0.05, 0) is 35.9 Å². The first-order valence-electron chi connectivity index (χ1n) is 6.62. The van der Waals surface area contributed by atoms with Crippen LogP contribution in [0.2, 0.25) is 0 Å². The standard InChI is InChI=1S/C16H16N2O3/c1-10-18-13-8-12(4-6-15(13)21-10)17-9-11-3-5-16(20-2)14(19)7-11/h3-8,17,19H,9H2,1-2H3. The van der Waals surface area contributed by atoms with Crippen LogP contribution in [-0.4, -0.2) is 17.2 Å². The topological polar surface area (TPSA) is 67.5 Å². The largest absolute Gasteiger partial charge is 0.504 e. The molecule has 0 bridgehead atoms. The highest BCUT2D eigenvalue weighted by Crippen LogP contribution is 2.27. The van der Waals surface area contributed by atoms with E-state index in [1.54, 1.807) is 12.1 Å². The van der Waals surface area contributed by atoms with E-state index < -0.39 is 0 Å². The van der Waals surface area contributed by atoms with Crippen molar-refractivity contribution < 1.29 is 14.3 Å². The quantitative estimate of drug-likeness (QED) is 0.768. The second-order valence-electron chi connectivity index (χ2n) is 4.78. The number of hydrogen-bond donors (Lipinski definition) is 2. The maximum Gasteiger partial charge on any atom is 0.192 e. The molecule has 1 aromatic heterocycles. The molecule has 108 valence electrons. The van der Waals surface area contributed by atoms with E-state index in [1.165, 1.54) is 7.11 Å². The number of phenolic OH excluding ortho intramolecular Hbond substituents is 1. The molecule has 0 radical (unpaired) electrons. The lowest BCUT2D eigenvalue weighted by Gasteiger charge is -2.08. The van der Waals surface area contributed by atoms with Crippen molar-refractivity contribution in [2.75, 3.05) is 12.4 Å². The molecule has 2 aromatic carbocycles. The third-order valence-corrected chi connectivity index (χ3v) is 3.23. The van der Waals surface area contributed by atoms with Gasteiger partial charge in [-0.15, -0.1) is 0 Å². The van der Waals surface area contributed by atoms with Crippen LogP contribution in [0.1, 0.15) is 11.5 Å². The van der Waals surface area contributed by atoms with Crippen molar-refractivity contribution in [3.63, 3.8) is 0 Å². The molecule has 0 saturated heterocycles. The van der Waals surface area contributed by atoms with Gasteiger partial charge in [-0.25, -0.2) is 4.98 Å². The molecule has 0 unspecified atom stereocenters. The highest BCUT2D eigenvalue weighted by Gasteiger charge is 2.05. The first-order chi connectivity index (χ1) is 10.2. The molecule has 5 heteroatoms. The summed E-state index contributed by atoms with van der Waals surface area (Å²) in [5.41, 5.74) is 3.52. The van der Waals surface area contributed by atoms with Crippen molar-refractivity contribution in [2.45, 2.75) is 13.5 Å². The van der Waals surface area contributed by atoms with Crippen LogP contribution in [0.5, 0.6) is 11.5 Å². The zero-order valence-corrected chi connectivity index (χ0v) is 11.9. The SMILES string of the molecule is COc1ccc(CNc2ccc3oc(C)nc3c2)cc1O. The Bertz CT molecular complexity index is 780. The van der Waals surface area contributed by atoms with Crippen molar-refractivity contribution in [3.05, 3.63) is 47.9 Å². The fourth-order valence-corrected chi connectivity index (χ4v) is 2.20. The van der Waals surface area contributed by atoms with Gasteiger partial charge < -0.3 is 19.6 Å². The summed E-state index contributed by atoms with van der Waals surface area (Å²) < 4.78 is 10.5. The highest BCUT2D eigenvalue weighted by atomic mass is 16.5. The molecule has 0 aliphatic carbocycles. The Balaban J connectivity index is 1.75. The summed E-state index contributed by atoms with van der Waals surface area (Å²) in [6, 6.07) is 11.1. The van der Waals surface area contributed by atoms with Crippen molar-refractivity contribution in [3.8, 4) is 11.5 Å². The summed E-state index contributed by atoms with van der Waals surface area (Å²) in [7, 11) is 1.53. The summed E-state index contributed by atoms with van der Waals surface area (Å²) in [4.78, 5) is 4.30. The number of aromatic nitrogens is 1. The molecular formula is C16H16N2O3. The Morgan fingerprint density at radius 1 is 1.24 bits per heavy atom. The number of fused-ring (bicyclic) bond motifs is 1. The number of hydrogen-bond acceptors (Lipinski definition) is 5. The zero-order valence-electron chi connectivity index (χ0n) is 11.9. The molecule has 2 N–H and O–H groups in total. The highest BCUT2D eigenvalue weighted by molar-refractivity contribution is 5.77. The number of anilines is 1. The first kappa shape index (κ1) is 13.3. The lowest BCUT2D eigenvalue weighted by atomic mass is 10.2. The summed E-state index contributed by atoms with van der Waals surface area (Å²) in [6.45, 7) is 2.42. The van der Waals surface area contributed by atoms with Crippen molar-refractivity contribution in [1.82, 2.24) is 4.98 Å². The van der Waals surface area contributed by atoms with Gasteiger partial charge in [0.15, 0.2) is 23.0 Å². The van der Waals surface area contributed by atoms with E-state index in [1.807, 2.05) is 31.2 Å². The van der Waals surface area contributed by atoms with Crippen LogP contribution < -0.4 is 10.1 Å². The van der Waals surface area contributed by atoms with Gasteiger partial charge in [0.1, 0.15) is 5.52 Å².